The number of ether oxygens (including phenoxy) is 2. The van der Waals surface area contributed by atoms with E-state index in [1.807, 2.05) is 6.92 Å². The summed E-state index contributed by atoms with van der Waals surface area (Å²) < 4.78 is 10.7. The summed E-state index contributed by atoms with van der Waals surface area (Å²) in [4.78, 5) is 24.8. The summed E-state index contributed by atoms with van der Waals surface area (Å²) in [5, 5.41) is 0. The molecule has 0 aliphatic rings. The molecule has 35 heavy (non-hydrogen) atoms. The molecule has 0 saturated carbocycles. The van der Waals surface area contributed by atoms with E-state index in [1.165, 1.54) is 89.9 Å². The average Bonchev–Trinajstić information content (AvgIpc) is 2.85. The van der Waals surface area contributed by atoms with Gasteiger partial charge in [0.2, 0.25) is 0 Å². The maximum atomic E-state index is 12.5. The molecule has 0 bridgehead atoms. The highest BCUT2D eigenvalue weighted by molar-refractivity contribution is 6.03. The van der Waals surface area contributed by atoms with Gasteiger partial charge in [-0.3, -0.25) is 0 Å². The molecule has 0 saturated heterocycles. The van der Waals surface area contributed by atoms with Crippen LogP contribution in [0.1, 0.15) is 144 Å². The third kappa shape index (κ3) is 16.2. The molecule has 1 aromatic carbocycles. The van der Waals surface area contributed by atoms with E-state index in [4.69, 9.17) is 9.47 Å². The van der Waals surface area contributed by atoms with Crippen molar-refractivity contribution in [2.75, 3.05) is 13.2 Å². The van der Waals surface area contributed by atoms with Crippen LogP contribution in [0.4, 0.5) is 0 Å². The number of hydrogen-bond acceptors (Lipinski definition) is 4. The minimum atomic E-state index is -0.499. The SMILES string of the molecule is C=C(C)CCOC(=O)c1ccccc1C(=O)OCCCCCCCCCCCCCCCCCC. The summed E-state index contributed by atoms with van der Waals surface area (Å²) in [5.74, 6) is -0.959. The van der Waals surface area contributed by atoms with Crippen molar-refractivity contribution in [3.63, 3.8) is 0 Å². The maximum absolute atomic E-state index is 12.5. The minimum Gasteiger partial charge on any atom is -0.462 e. The Balaban J connectivity index is 2.04. The van der Waals surface area contributed by atoms with Gasteiger partial charge in [-0.2, -0.15) is 0 Å². The van der Waals surface area contributed by atoms with E-state index >= 15 is 0 Å². The van der Waals surface area contributed by atoms with E-state index in [2.05, 4.69) is 13.5 Å². The Labute approximate surface area is 214 Å². The third-order valence-corrected chi connectivity index (χ3v) is 6.36. The van der Waals surface area contributed by atoms with Crippen molar-refractivity contribution in [1.29, 1.82) is 0 Å². The predicted molar refractivity (Wildman–Crippen MR) is 146 cm³/mol. The summed E-state index contributed by atoms with van der Waals surface area (Å²) in [6.07, 6.45) is 21.6. The molecule has 0 aliphatic carbocycles. The molecule has 4 heteroatoms. The first kappa shape index (κ1) is 30.9. The number of unbranched alkanes of at least 4 members (excludes halogenated alkanes) is 15. The maximum Gasteiger partial charge on any atom is 0.339 e. The van der Waals surface area contributed by atoms with Crippen molar-refractivity contribution in [2.24, 2.45) is 0 Å². The van der Waals surface area contributed by atoms with Crippen LogP contribution in [0, 0.1) is 0 Å². The van der Waals surface area contributed by atoms with Crippen molar-refractivity contribution < 1.29 is 19.1 Å². The molecular weight excluding hydrogens is 436 g/mol. The van der Waals surface area contributed by atoms with Crippen LogP contribution in [0.2, 0.25) is 0 Å². The van der Waals surface area contributed by atoms with E-state index < -0.39 is 11.9 Å². The minimum absolute atomic E-state index is 0.256. The van der Waals surface area contributed by atoms with Crippen molar-refractivity contribution in [1.82, 2.24) is 0 Å². The van der Waals surface area contributed by atoms with Crippen LogP contribution < -0.4 is 0 Å². The molecule has 0 amide bonds. The number of carbonyl (C=O) groups excluding carboxylic acids is 2. The monoisotopic (exact) mass is 486 g/mol. The third-order valence-electron chi connectivity index (χ3n) is 6.36. The number of rotatable bonds is 22. The second-order valence-electron chi connectivity index (χ2n) is 9.83. The highest BCUT2D eigenvalue weighted by Gasteiger charge is 2.18. The summed E-state index contributed by atoms with van der Waals surface area (Å²) in [6.45, 7) is 8.60. The van der Waals surface area contributed by atoms with E-state index in [1.54, 1.807) is 24.3 Å². The van der Waals surface area contributed by atoms with Crippen molar-refractivity contribution in [3.8, 4) is 0 Å². The Morgan fingerprint density at radius 1 is 0.629 bits per heavy atom. The standard InChI is InChI=1S/C31H50O4/c1-4-5-6-7-8-9-10-11-12-13-14-15-16-17-18-21-25-34-30(32)28-22-19-20-23-29(28)31(33)35-26-24-27(2)3/h19-20,22-23H,2,4-18,21,24-26H2,1,3H3. The lowest BCUT2D eigenvalue weighted by atomic mass is 10.0. The Morgan fingerprint density at radius 3 is 1.40 bits per heavy atom. The summed E-state index contributed by atoms with van der Waals surface area (Å²) in [5.41, 5.74) is 1.47. The van der Waals surface area contributed by atoms with Gasteiger partial charge in [-0.1, -0.05) is 121 Å². The molecule has 198 valence electrons. The molecule has 1 aromatic rings. The van der Waals surface area contributed by atoms with Crippen molar-refractivity contribution in [2.45, 2.75) is 123 Å². The summed E-state index contributed by atoms with van der Waals surface area (Å²) >= 11 is 0. The Bertz CT molecular complexity index is 710. The first-order chi connectivity index (χ1) is 17.1. The smallest absolute Gasteiger partial charge is 0.339 e. The van der Waals surface area contributed by atoms with Crippen LogP contribution >= 0.6 is 0 Å². The van der Waals surface area contributed by atoms with Gasteiger partial charge in [-0.05, 0) is 25.5 Å². The number of carbonyl (C=O) groups is 2. The van der Waals surface area contributed by atoms with E-state index in [-0.39, 0.29) is 17.7 Å². The molecule has 0 atom stereocenters. The van der Waals surface area contributed by atoms with E-state index in [0.717, 1.165) is 18.4 Å². The molecule has 0 aromatic heterocycles. The topological polar surface area (TPSA) is 52.6 Å². The van der Waals surface area contributed by atoms with Crippen LogP contribution in [0.3, 0.4) is 0 Å². The summed E-state index contributed by atoms with van der Waals surface area (Å²) in [6, 6.07) is 6.68. The fraction of sp³-hybridized carbons (Fsp3) is 0.677. The number of esters is 2. The second kappa shape index (κ2) is 21.2. The van der Waals surface area contributed by atoms with Gasteiger partial charge in [-0.15, -0.1) is 6.58 Å². The zero-order valence-corrected chi connectivity index (χ0v) is 22.6. The van der Waals surface area contributed by atoms with E-state index in [0.29, 0.717) is 13.0 Å². The molecule has 4 nitrogen and oxygen atoms in total. The van der Waals surface area contributed by atoms with Crippen molar-refractivity contribution >= 4 is 11.9 Å². The molecule has 0 fully saturated rings. The number of hydrogen-bond donors (Lipinski definition) is 0. The predicted octanol–water partition coefficient (Wildman–Crippen LogP) is 9.23. The lowest BCUT2D eigenvalue weighted by Crippen LogP contribution is -2.15. The fourth-order valence-corrected chi connectivity index (χ4v) is 4.13. The zero-order chi connectivity index (χ0) is 25.6. The highest BCUT2D eigenvalue weighted by atomic mass is 16.5. The largest absolute Gasteiger partial charge is 0.462 e. The molecule has 1 rings (SSSR count). The van der Waals surface area contributed by atoms with Crippen LogP contribution in [0.25, 0.3) is 0 Å². The average molecular weight is 487 g/mol. The molecule has 0 unspecified atom stereocenters. The lowest BCUT2D eigenvalue weighted by molar-refractivity contribution is 0.0456. The van der Waals surface area contributed by atoms with Crippen LogP contribution in [0.15, 0.2) is 36.4 Å². The Morgan fingerprint density at radius 2 is 1.00 bits per heavy atom. The first-order valence-corrected chi connectivity index (χ1v) is 14.1. The highest BCUT2D eigenvalue weighted by Crippen LogP contribution is 2.15. The van der Waals surface area contributed by atoms with Gasteiger partial charge >= 0.3 is 11.9 Å². The second-order valence-corrected chi connectivity index (χ2v) is 9.83. The van der Waals surface area contributed by atoms with Crippen LogP contribution in [-0.4, -0.2) is 25.2 Å². The Hall–Kier alpha value is -2.10. The van der Waals surface area contributed by atoms with E-state index in [9.17, 15) is 9.59 Å². The van der Waals surface area contributed by atoms with Crippen LogP contribution in [0.5, 0.6) is 0 Å². The van der Waals surface area contributed by atoms with Gasteiger partial charge in [-0.25, -0.2) is 9.59 Å². The molecule has 0 N–H and O–H groups in total. The van der Waals surface area contributed by atoms with Gasteiger partial charge < -0.3 is 9.47 Å². The van der Waals surface area contributed by atoms with Crippen LogP contribution in [-0.2, 0) is 9.47 Å². The Kier molecular flexibility index (Phi) is 18.7. The van der Waals surface area contributed by atoms with Gasteiger partial charge in [0.25, 0.3) is 0 Å². The molecule has 0 radical (unpaired) electrons. The summed E-state index contributed by atoms with van der Waals surface area (Å²) in [7, 11) is 0. The number of benzene rings is 1. The lowest BCUT2D eigenvalue weighted by Gasteiger charge is -2.10. The quantitative estimate of drug-likeness (QED) is 0.0931. The van der Waals surface area contributed by atoms with Gasteiger partial charge in [0.05, 0.1) is 24.3 Å². The molecular formula is C31H50O4. The van der Waals surface area contributed by atoms with Crippen molar-refractivity contribution in [3.05, 3.63) is 47.5 Å². The zero-order valence-electron chi connectivity index (χ0n) is 22.6. The van der Waals surface area contributed by atoms with Gasteiger partial charge in [0.1, 0.15) is 0 Å². The molecule has 0 heterocycles. The normalized spacial score (nSPS) is 10.8. The van der Waals surface area contributed by atoms with Gasteiger partial charge in [0.15, 0.2) is 0 Å². The van der Waals surface area contributed by atoms with Gasteiger partial charge in [0, 0.05) is 6.42 Å². The molecule has 0 aliphatic heterocycles. The fourth-order valence-electron chi connectivity index (χ4n) is 4.13. The first-order valence-electron chi connectivity index (χ1n) is 14.1. The molecule has 0 spiro atoms.